The van der Waals surface area contributed by atoms with E-state index in [-0.39, 0.29) is 12.2 Å². The number of nitrogens with two attached hydrogens (primary N) is 1. The van der Waals surface area contributed by atoms with Crippen LogP contribution in [0.15, 0.2) is 22.9 Å². The number of carbonyl (C=O) groups is 2. The highest BCUT2D eigenvalue weighted by Gasteiger charge is 2.15. The van der Waals surface area contributed by atoms with Gasteiger partial charge in [0.05, 0.1) is 11.4 Å². The maximum atomic E-state index is 11.7. The highest BCUT2D eigenvalue weighted by atomic mass is 32.1. The summed E-state index contributed by atoms with van der Waals surface area (Å²) in [6.07, 6.45) is -1.39. The van der Waals surface area contributed by atoms with E-state index in [9.17, 15) is 14.7 Å². The SMILES string of the molecule is NC(=O)C(O)CNC(=O)c1csc(-c2cccs2)n1. The number of nitrogens with one attached hydrogen (secondary N) is 1. The molecule has 100 valence electrons. The molecule has 2 aromatic rings. The molecular formula is C11H11N3O3S2. The van der Waals surface area contributed by atoms with Crippen molar-refractivity contribution >= 4 is 34.5 Å². The van der Waals surface area contributed by atoms with Gasteiger partial charge in [0.15, 0.2) is 0 Å². The Bertz CT molecular complexity index is 580. The zero-order chi connectivity index (χ0) is 13.8. The van der Waals surface area contributed by atoms with Gasteiger partial charge in [-0.2, -0.15) is 0 Å². The van der Waals surface area contributed by atoms with E-state index in [4.69, 9.17) is 5.73 Å². The van der Waals surface area contributed by atoms with Crippen molar-refractivity contribution in [3.63, 3.8) is 0 Å². The molecule has 0 fully saturated rings. The quantitative estimate of drug-likeness (QED) is 0.745. The monoisotopic (exact) mass is 297 g/mol. The van der Waals surface area contributed by atoms with E-state index in [2.05, 4.69) is 10.3 Å². The van der Waals surface area contributed by atoms with Crippen LogP contribution in [0.25, 0.3) is 9.88 Å². The molecule has 1 unspecified atom stereocenters. The van der Waals surface area contributed by atoms with Gasteiger partial charge in [0.2, 0.25) is 5.91 Å². The third kappa shape index (κ3) is 3.37. The van der Waals surface area contributed by atoms with Gasteiger partial charge < -0.3 is 16.2 Å². The topological polar surface area (TPSA) is 105 Å². The number of thiophene rings is 1. The summed E-state index contributed by atoms with van der Waals surface area (Å²) >= 11 is 2.90. The molecule has 0 spiro atoms. The second-order valence-electron chi connectivity index (χ2n) is 3.64. The van der Waals surface area contributed by atoms with Gasteiger partial charge in [0.1, 0.15) is 16.8 Å². The Kier molecular flexibility index (Phi) is 4.25. The summed E-state index contributed by atoms with van der Waals surface area (Å²) in [7, 11) is 0. The van der Waals surface area contributed by atoms with Gasteiger partial charge in [0.25, 0.3) is 5.91 Å². The molecule has 2 rings (SSSR count). The van der Waals surface area contributed by atoms with Crippen LogP contribution in [-0.4, -0.2) is 34.6 Å². The number of amides is 2. The smallest absolute Gasteiger partial charge is 0.270 e. The van der Waals surface area contributed by atoms with Crippen LogP contribution in [0.1, 0.15) is 10.5 Å². The molecule has 4 N–H and O–H groups in total. The number of aromatic nitrogens is 1. The molecule has 0 aliphatic rings. The number of rotatable bonds is 5. The summed E-state index contributed by atoms with van der Waals surface area (Å²) in [5, 5.41) is 15.9. The third-order valence-corrected chi connectivity index (χ3v) is 4.13. The molecule has 2 aromatic heterocycles. The predicted molar refractivity (Wildman–Crippen MR) is 73.0 cm³/mol. The summed E-state index contributed by atoms with van der Waals surface area (Å²) in [5.74, 6) is -1.32. The van der Waals surface area contributed by atoms with Crippen LogP contribution in [0.5, 0.6) is 0 Å². The van der Waals surface area contributed by atoms with Crippen molar-refractivity contribution in [2.24, 2.45) is 5.73 Å². The summed E-state index contributed by atoms with van der Waals surface area (Å²) in [5.41, 5.74) is 5.13. The van der Waals surface area contributed by atoms with Crippen LogP contribution in [0.2, 0.25) is 0 Å². The summed E-state index contributed by atoms with van der Waals surface area (Å²) < 4.78 is 0. The Balaban J connectivity index is 1.99. The van der Waals surface area contributed by atoms with E-state index < -0.39 is 17.9 Å². The Morgan fingerprint density at radius 2 is 2.26 bits per heavy atom. The lowest BCUT2D eigenvalue weighted by Crippen LogP contribution is -2.40. The van der Waals surface area contributed by atoms with Gasteiger partial charge in [-0.05, 0) is 11.4 Å². The molecule has 0 bridgehead atoms. The van der Waals surface area contributed by atoms with Crippen molar-refractivity contribution in [3.8, 4) is 9.88 Å². The number of aliphatic hydroxyl groups is 1. The second-order valence-corrected chi connectivity index (χ2v) is 5.45. The van der Waals surface area contributed by atoms with Crippen LogP contribution in [0.4, 0.5) is 0 Å². The number of carbonyl (C=O) groups excluding carboxylic acids is 2. The number of primary amides is 1. The zero-order valence-electron chi connectivity index (χ0n) is 9.70. The van der Waals surface area contributed by atoms with Crippen LogP contribution in [-0.2, 0) is 4.79 Å². The molecule has 0 aromatic carbocycles. The third-order valence-electron chi connectivity index (χ3n) is 2.25. The van der Waals surface area contributed by atoms with Crippen LogP contribution in [0, 0.1) is 0 Å². The lowest BCUT2D eigenvalue weighted by Gasteiger charge is -2.06. The minimum absolute atomic E-state index is 0.222. The Labute approximate surface area is 116 Å². The molecule has 0 radical (unpaired) electrons. The molecule has 19 heavy (non-hydrogen) atoms. The van der Waals surface area contributed by atoms with E-state index in [1.165, 1.54) is 22.7 Å². The molecule has 2 heterocycles. The van der Waals surface area contributed by atoms with Crippen LogP contribution in [0.3, 0.4) is 0 Å². The molecule has 8 heteroatoms. The summed E-state index contributed by atoms with van der Waals surface area (Å²) in [6, 6.07) is 3.83. The number of hydrogen-bond donors (Lipinski definition) is 3. The van der Waals surface area contributed by atoms with Crippen LogP contribution < -0.4 is 11.1 Å². The molecule has 0 aliphatic heterocycles. The predicted octanol–water partition coefficient (Wildman–Crippen LogP) is 0.448. The van der Waals surface area contributed by atoms with Gasteiger partial charge in [-0.3, -0.25) is 9.59 Å². The number of hydrogen-bond acceptors (Lipinski definition) is 6. The molecule has 1 atom stereocenters. The minimum atomic E-state index is -1.39. The van der Waals surface area contributed by atoms with Crippen molar-refractivity contribution in [2.45, 2.75) is 6.10 Å². The lowest BCUT2D eigenvalue weighted by atomic mass is 10.3. The average Bonchev–Trinajstić information content (AvgIpc) is 3.04. The first-order chi connectivity index (χ1) is 9.08. The lowest BCUT2D eigenvalue weighted by molar-refractivity contribution is -0.125. The molecule has 6 nitrogen and oxygen atoms in total. The van der Waals surface area contributed by atoms with Crippen molar-refractivity contribution in [2.75, 3.05) is 6.54 Å². The van der Waals surface area contributed by atoms with Gasteiger partial charge in [0, 0.05) is 5.38 Å². The number of thiazole rings is 1. The molecule has 0 aliphatic carbocycles. The van der Waals surface area contributed by atoms with E-state index in [1.54, 1.807) is 5.38 Å². The zero-order valence-corrected chi connectivity index (χ0v) is 11.3. The summed E-state index contributed by atoms with van der Waals surface area (Å²) in [4.78, 5) is 27.5. The first-order valence-corrected chi connectivity index (χ1v) is 7.09. The Morgan fingerprint density at radius 3 is 2.89 bits per heavy atom. The van der Waals surface area contributed by atoms with E-state index in [0.717, 1.165) is 9.88 Å². The van der Waals surface area contributed by atoms with E-state index in [1.807, 2.05) is 17.5 Å². The van der Waals surface area contributed by atoms with Gasteiger partial charge >= 0.3 is 0 Å². The fourth-order valence-electron chi connectivity index (χ4n) is 1.27. The largest absolute Gasteiger partial charge is 0.381 e. The second kappa shape index (κ2) is 5.91. The van der Waals surface area contributed by atoms with Crippen LogP contribution >= 0.6 is 22.7 Å². The average molecular weight is 297 g/mol. The standard InChI is InChI=1S/C11H11N3O3S2/c12-9(16)7(15)4-13-10(17)6-5-19-11(14-6)8-2-1-3-18-8/h1-3,5,7,15H,4H2,(H2,12,16)(H,13,17). The van der Waals surface area contributed by atoms with E-state index >= 15 is 0 Å². The van der Waals surface area contributed by atoms with Gasteiger partial charge in [-0.1, -0.05) is 6.07 Å². The Morgan fingerprint density at radius 1 is 1.47 bits per heavy atom. The molecule has 0 saturated heterocycles. The molecule has 2 amide bonds. The first kappa shape index (κ1) is 13.7. The Hall–Kier alpha value is -1.77. The maximum absolute atomic E-state index is 11.7. The van der Waals surface area contributed by atoms with E-state index in [0.29, 0.717) is 0 Å². The fourth-order valence-corrected chi connectivity index (χ4v) is 2.89. The normalized spacial score (nSPS) is 12.1. The van der Waals surface area contributed by atoms with Crippen molar-refractivity contribution < 1.29 is 14.7 Å². The number of nitrogens with zero attached hydrogens (tertiary/aromatic N) is 1. The van der Waals surface area contributed by atoms with Crippen molar-refractivity contribution in [1.82, 2.24) is 10.3 Å². The molecular weight excluding hydrogens is 286 g/mol. The highest BCUT2D eigenvalue weighted by molar-refractivity contribution is 7.20. The fraction of sp³-hybridized carbons (Fsp3) is 0.182. The summed E-state index contributed by atoms with van der Waals surface area (Å²) in [6.45, 7) is -0.222. The van der Waals surface area contributed by atoms with Gasteiger partial charge in [-0.25, -0.2) is 4.98 Å². The van der Waals surface area contributed by atoms with Gasteiger partial charge in [-0.15, -0.1) is 22.7 Å². The highest BCUT2D eigenvalue weighted by Crippen LogP contribution is 2.27. The molecule has 0 saturated carbocycles. The first-order valence-electron chi connectivity index (χ1n) is 5.33. The minimum Gasteiger partial charge on any atom is -0.381 e. The van der Waals surface area contributed by atoms with Crippen molar-refractivity contribution in [1.29, 1.82) is 0 Å². The number of aliphatic hydroxyl groups excluding tert-OH is 1. The maximum Gasteiger partial charge on any atom is 0.270 e. The van der Waals surface area contributed by atoms with Crippen molar-refractivity contribution in [3.05, 3.63) is 28.6 Å².